The molecule has 2 aromatic rings. The zero-order valence-corrected chi connectivity index (χ0v) is 10.7. The summed E-state index contributed by atoms with van der Waals surface area (Å²) in [6, 6.07) is 1.53. The fourth-order valence-electron chi connectivity index (χ4n) is 2.33. The van der Waals surface area contributed by atoms with E-state index >= 15 is 0 Å². The maximum atomic E-state index is 13.3. The van der Waals surface area contributed by atoms with E-state index in [9.17, 15) is 4.39 Å². The molecule has 0 atom stereocenters. The first-order valence-electron chi connectivity index (χ1n) is 6.18. The lowest BCUT2D eigenvalue weighted by molar-refractivity contribution is 0.551. The van der Waals surface area contributed by atoms with Gasteiger partial charge in [0.05, 0.1) is 12.7 Å². The number of pyridine rings is 1. The molecule has 0 fully saturated rings. The Morgan fingerprint density at radius 3 is 3.16 bits per heavy atom. The molecular formula is C12H15FN6. The van der Waals surface area contributed by atoms with Gasteiger partial charge < -0.3 is 14.8 Å². The molecule has 0 saturated heterocycles. The largest absolute Gasteiger partial charge is 0.347 e. The van der Waals surface area contributed by atoms with Gasteiger partial charge in [0.1, 0.15) is 18.0 Å². The Morgan fingerprint density at radius 2 is 2.32 bits per heavy atom. The molecule has 0 aromatic carbocycles. The summed E-state index contributed by atoms with van der Waals surface area (Å²) in [6.45, 7) is 2.87. The molecule has 3 rings (SSSR count). The Hall–Kier alpha value is -2.02. The summed E-state index contributed by atoms with van der Waals surface area (Å²) < 4.78 is 15.3. The molecule has 0 amide bonds. The van der Waals surface area contributed by atoms with Gasteiger partial charge in [-0.1, -0.05) is 0 Å². The molecule has 0 radical (unpaired) electrons. The summed E-state index contributed by atoms with van der Waals surface area (Å²) in [7, 11) is 1.83. The van der Waals surface area contributed by atoms with Gasteiger partial charge in [0, 0.05) is 25.2 Å². The van der Waals surface area contributed by atoms with E-state index in [1.54, 1.807) is 6.33 Å². The second kappa shape index (κ2) is 4.93. The Balaban J connectivity index is 1.90. The molecule has 3 heterocycles. The van der Waals surface area contributed by atoms with Crippen molar-refractivity contribution in [3.63, 3.8) is 0 Å². The molecule has 7 heteroatoms. The van der Waals surface area contributed by atoms with Crippen LogP contribution in [0, 0.1) is 5.82 Å². The van der Waals surface area contributed by atoms with Crippen molar-refractivity contribution in [3.8, 4) is 0 Å². The highest BCUT2D eigenvalue weighted by Gasteiger charge is 2.20. The number of nitrogens with one attached hydrogen (secondary N) is 1. The van der Waals surface area contributed by atoms with Crippen molar-refractivity contribution in [2.24, 2.45) is 0 Å². The number of hydrogen-bond donors (Lipinski definition) is 1. The average molecular weight is 262 g/mol. The normalized spacial score (nSPS) is 14.5. The molecule has 0 unspecified atom stereocenters. The Labute approximate surface area is 110 Å². The minimum atomic E-state index is -0.311. The summed E-state index contributed by atoms with van der Waals surface area (Å²) in [4.78, 5) is 6.34. The smallest absolute Gasteiger partial charge is 0.152 e. The van der Waals surface area contributed by atoms with E-state index in [0.717, 1.165) is 30.3 Å². The topological polar surface area (TPSA) is 58.9 Å². The number of rotatable bonds is 3. The maximum absolute atomic E-state index is 13.3. The second-order valence-electron chi connectivity index (χ2n) is 4.53. The predicted octanol–water partition coefficient (Wildman–Crippen LogP) is 0.552. The first-order chi connectivity index (χ1) is 9.28. The van der Waals surface area contributed by atoms with Gasteiger partial charge in [0.25, 0.3) is 0 Å². The van der Waals surface area contributed by atoms with Crippen LogP contribution in [0.25, 0.3) is 0 Å². The zero-order valence-electron chi connectivity index (χ0n) is 10.7. The van der Waals surface area contributed by atoms with Crippen LogP contribution in [0.1, 0.15) is 11.4 Å². The number of halogens is 1. The lowest BCUT2D eigenvalue weighted by Crippen LogP contribution is -2.35. The second-order valence-corrected chi connectivity index (χ2v) is 4.53. The lowest BCUT2D eigenvalue weighted by Gasteiger charge is -2.29. The SMILES string of the molecule is CNCc1cc(F)cnc1N1CCn2cnnc2C1. The molecule has 0 bridgehead atoms. The number of aromatic nitrogens is 4. The quantitative estimate of drug-likeness (QED) is 0.875. The molecule has 6 nitrogen and oxygen atoms in total. The predicted molar refractivity (Wildman–Crippen MR) is 68.0 cm³/mol. The van der Waals surface area contributed by atoms with Crippen LogP contribution in [0.3, 0.4) is 0 Å². The fourth-order valence-corrected chi connectivity index (χ4v) is 2.33. The Morgan fingerprint density at radius 1 is 1.42 bits per heavy atom. The first-order valence-corrected chi connectivity index (χ1v) is 6.18. The van der Waals surface area contributed by atoms with Crippen LogP contribution in [0.2, 0.25) is 0 Å². The minimum Gasteiger partial charge on any atom is -0.347 e. The first kappa shape index (κ1) is 12.0. The van der Waals surface area contributed by atoms with Gasteiger partial charge in [-0.15, -0.1) is 10.2 Å². The molecule has 1 aliphatic rings. The van der Waals surface area contributed by atoms with E-state index in [0.29, 0.717) is 13.1 Å². The van der Waals surface area contributed by atoms with E-state index in [1.807, 2.05) is 11.6 Å². The third-order valence-electron chi connectivity index (χ3n) is 3.22. The van der Waals surface area contributed by atoms with Gasteiger partial charge in [0.15, 0.2) is 5.82 Å². The maximum Gasteiger partial charge on any atom is 0.152 e. The van der Waals surface area contributed by atoms with E-state index in [-0.39, 0.29) is 5.82 Å². The minimum absolute atomic E-state index is 0.311. The summed E-state index contributed by atoms with van der Waals surface area (Å²) in [5.74, 6) is 1.41. The van der Waals surface area contributed by atoms with Gasteiger partial charge in [-0.05, 0) is 13.1 Å². The average Bonchev–Trinajstić information content (AvgIpc) is 2.86. The number of anilines is 1. The monoisotopic (exact) mass is 262 g/mol. The van der Waals surface area contributed by atoms with Gasteiger partial charge in [-0.3, -0.25) is 0 Å². The highest BCUT2D eigenvalue weighted by atomic mass is 19.1. The summed E-state index contributed by atoms with van der Waals surface area (Å²) in [6.07, 6.45) is 2.99. The highest BCUT2D eigenvalue weighted by molar-refractivity contribution is 5.47. The Bertz CT molecular complexity index is 581. The van der Waals surface area contributed by atoms with Crippen molar-refractivity contribution in [1.29, 1.82) is 0 Å². The summed E-state index contributed by atoms with van der Waals surface area (Å²) in [5.41, 5.74) is 0.857. The van der Waals surface area contributed by atoms with Crippen molar-refractivity contribution in [3.05, 3.63) is 35.8 Å². The van der Waals surface area contributed by atoms with Crippen LogP contribution in [-0.2, 0) is 19.6 Å². The van der Waals surface area contributed by atoms with E-state index in [1.165, 1.54) is 12.3 Å². The van der Waals surface area contributed by atoms with Crippen LogP contribution in [0.5, 0.6) is 0 Å². The van der Waals surface area contributed by atoms with E-state index < -0.39 is 0 Å². The molecule has 0 saturated carbocycles. The van der Waals surface area contributed by atoms with Crippen LogP contribution in [0.4, 0.5) is 10.2 Å². The molecule has 19 heavy (non-hydrogen) atoms. The van der Waals surface area contributed by atoms with Gasteiger partial charge >= 0.3 is 0 Å². The van der Waals surface area contributed by atoms with E-state index in [2.05, 4.69) is 25.4 Å². The highest BCUT2D eigenvalue weighted by Crippen LogP contribution is 2.22. The molecule has 0 aliphatic carbocycles. The number of hydrogen-bond acceptors (Lipinski definition) is 5. The van der Waals surface area contributed by atoms with Crippen LogP contribution in [-0.4, -0.2) is 33.3 Å². The fraction of sp³-hybridized carbons (Fsp3) is 0.417. The summed E-state index contributed by atoms with van der Waals surface area (Å²) in [5, 5.41) is 11.0. The molecule has 2 aromatic heterocycles. The van der Waals surface area contributed by atoms with Crippen molar-refractivity contribution in [1.82, 2.24) is 25.1 Å². The lowest BCUT2D eigenvalue weighted by atomic mass is 10.2. The molecular weight excluding hydrogens is 247 g/mol. The van der Waals surface area contributed by atoms with Gasteiger partial charge in [-0.25, -0.2) is 9.37 Å². The van der Waals surface area contributed by atoms with Crippen LogP contribution in [0.15, 0.2) is 18.6 Å². The molecule has 1 N–H and O–H groups in total. The third-order valence-corrected chi connectivity index (χ3v) is 3.22. The third kappa shape index (κ3) is 2.28. The van der Waals surface area contributed by atoms with Crippen molar-refractivity contribution in [2.75, 3.05) is 18.5 Å². The number of nitrogens with zero attached hydrogens (tertiary/aromatic N) is 5. The van der Waals surface area contributed by atoms with Crippen LogP contribution >= 0.6 is 0 Å². The summed E-state index contributed by atoms with van der Waals surface area (Å²) >= 11 is 0. The van der Waals surface area contributed by atoms with Crippen molar-refractivity contribution in [2.45, 2.75) is 19.6 Å². The Kier molecular flexibility index (Phi) is 3.12. The molecule has 1 aliphatic heterocycles. The van der Waals surface area contributed by atoms with Gasteiger partial charge in [0.2, 0.25) is 0 Å². The van der Waals surface area contributed by atoms with E-state index in [4.69, 9.17) is 0 Å². The van der Waals surface area contributed by atoms with Crippen molar-refractivity contribution >= 4 is 5.82 Å². The van der Waals surface area contributed by atoms with Gasteiger partial charge in [-0.2, -0.15) is 0 Å². The number of fused-ring (bicyclic) bond motifs is 1. The zero-order chi connectivity index (χ0) is 13.2. The van der Waals surface area contributed by atoms with Crippen molar-refractivity contribution < 1.29 is 4.39 Å². The van der Waals surface area contributed by atoms with Crippen LogP contribution < -0.4 is 10.2 Å². The standard InChI is InChI=1S/C12H15FN6/c1-14-5-9-4-10(13)6-15-12(9)18-2-3-19-8-16-17-11(19)7-18/h4,6,8,14H,2-3,5,7H2,1H3. The molecule has 0 spiro atoms. The molecule has 100 valence electrons.